The second kappa shape index (κ2) is 17.2. The fourth-order valence-corrected chi connectivity index (χ4v) is 6.21. The Morgan fingerprint density at radius 2 is 1.60 bits per heavy atom. The maximum absolute atomic E-state index is 13.2. The minimum absolute atomic E-state index is 0.0183. The van der Waals surface area contributed by atoms with Crippen molar-refractivity contribution in [3.63, 3.8) is 0 Å². The summed E-state index contributed by atoms with van der Waals surface area (Å²) in [6.07, 6.45) is -0.366. The third-order valence-corrected chi connectivity index (χ3v) is 8.80. The minimum atomic E-state index is -3.61. The smallest absolute Gasteiger partial charge is 0.410 e. The van der Waals surface area contributed by atoms with Crippen molar-refractivity contribution in [1.29, 1.82) is 0 Å². The number of methoxy groups -OCH3 is 1. The van der Waals surface area contributed by atoms with Crippen LogP contribution in [0.4, 0.5) is 4.79 Å². The molecule has 2 aromatic carbocycles. The third-order valence-electron chi connectivity index (χ3n) is 6.93. The van der Waals surface area contributed by atoms with Crippen LogP contribution in [0.15, 0.2) is 54.6 Å². The average molecular weight is 620 g/mol. The molecule has 2 amide bonds. The van der Waals surface area contributed by atoms with Gasteiger partial charge in [-0.15, -0.1) is 0 Å². The van der Waals surface area contributed by atoms with Crippen LogP contribution in [0.2, 0.25) is 0 Å². The Morgan fingerprint density at radius 3 is 2.19 bits per heavy atom. The predicted molar refractivity (Wildman–Crippen MR) is 168 cm³/mol. The highest BCUT2D eigenvalue weighted by Crippen LogP contribution is 2.20. The molecule has 240 valence electrons. The summed E-state index contributed by atoms with van der Waals surface area (Å²) in [5, 5.41) is 14.2. The van der Waals surface area contributed by atoms with Crippen LogP contribution in [-0.2, 0) is 32.6 Å². The quantitative estimate of drug-likeness (QED) is 0.270. The molecule has 0 saturated heterocycles. The number of rotatable bonds is 17. The summed E-state index contributed by atoms with van der Waals surface area (Å²) < 4.78 is 38.0. The highest BCUT2D eigenvalue weighted by Gasteiger charge is 2.33. The molecule has 0 bridgehead atoms. The van der Waals surface area contributed by atoms with Gasteiger partial charge in [-0.3, -0.25) is 4.79 Å². The van der Waals surface area contributed by atoms with Crippen LogP contribution in [0.1, 0.15) is 65.0 Å². The second-order valence-corrected chi connectivity index (χ2v) is 13.7. The molecule has 0 saturated carbocycles. The maximum atomic E-state index is 13.2. The van der Waals surface area contributed by atoms with Gasteiger partial charge in [-0.05, 0) is 63.3 Å². The van der Waals surface area contributed by atoms with Gasteiger partial charge in [0.15, 0.2) is 0 Å². The van der Waals surface area contributed by atoms with E-state index in [4.69, 9.17) is 9.47 Å². The summed E-state index contributed by atoms with van der Waals surface area (Å²) in [6, 6.07) is 15.8. The van der Waals surface area contributed by atoms with Gasteiger partial charge in [0.25, 0.3) is 0 Å². The number of nitrogens with one attached hydrogen (secondary N) is 1. The lowest BCUT2D eigenvalue weighted by molar-refractivity contribution is -0.122. The highest BCUT2D eigenvalue weighted by atomic mass is 32.2. The molecular formula is C32H49N3O7S. The first-order valence-corrected chi connectivity index (χ1v) is 16.5. The largest absolute Gasteiger partial charge is 0.497 e. The number of hydrogen-bond acceptors (Lipinski definition) is 7. The van der Waals surface area contributed by atoms with Crippen molar-refractivity contribution in [2.45, 2.75) is 84.6 Å². The van der Waals surface area contributed by atoms with E-state index in [0.717, 1.165) is 11.1 Å². The number of aliphatic hydroxyl groups excluding tert-OH is 1. The Labute approximate surface area is 257 Å². The predicted octanol–water partition coefficient (Wildman–Crippen LogP) is 4.36. The van der Waals surface area contributed by atoms with E-state index in [1.165, 1.54) is 9.21 Å². The molecule has 43 heavy (non-hydrogen) atoms. The number of nitrogens with zero attached hydrogens (tertiary/aromatic N) is 2. The van der Waals surface area contributed by atoms with E-state index in [9.17, 15) is 23.1 Å². The summed E-state index contributed by atoms with van der Waals surface area (Å²) >= 11 is 0. The number of amides is 2. The summed E-state index contributed by atoms with van der Waals surface area (Å²) in [4.78, 5) is 27.7. The molecule has 10 nitrogen and oxygen atoms in total. The van der Waals surface area contributed by atoms with Gasteiger partial charge in [-0.2, -0.15) is 0 Å². The second-order valence-electron chi connectivity index (χ2n) is 11.6. The van der Waals surface area contributed by atoms with Crippen molar-refractivity contribution in [2.24, 2.45) is 0 Å². The normalized spacial score (nSPS) is 13.3. The molecule has 0 aromatic heterocycles. The van der Waals surface area contributed by atoms with Gasteiger partial charge in [0.05, 0.1) is 31.6 Å². The van der Waals surface area contributed by atoms with Gasteiger partial charge in [-0.25, -0.2) is 17.5 Å². The summed E-state index contributed by atoms with van der Waals surface area (Å²) in [5.74, 6) is -0.163. The topological polar surface area (TPSA) is 125 Å². The molecule has 0 aliphatic carbocycles. The van der Waals surface area contributed by atoms with Gasteiger partial charge >= 0.3 is 6.09 Å². The fraction of sp³-hybridized carbons (Fsp3) is 0.562. The monoisotopic (exact) mass is 619 g/mol. The van der Waals surface area contributed by atoms with Gasteiger partial charge < -0.3 is 24.8 Å². The number of hydrogen-bond donors (Lipinski definition) is 2. The van der Waals surface area contributed by atoms with Gasteiger partial charge in [0, 0.05) is 25.0 Å². The Bertz CT molecular complexity index is 1240. The Morgan fingerprint density at radius 1 is 0.977 bits per heavy atom. The third kappa shape index (κ3) is 12.2. The maximum Gasteiger partial charge on any atom is 0.410 e. The number of benzene rings is 2. The molecular weight excluding hydrogens is 570 g/mol. The minimum Gasteiger partial charge on any atom is -0.497 e. The van der Waals surface area contributed by atoms with E-state index in [2.05, 4.69) is 5.32 Å². The zero-order chi connectivity index (χ0) is 32.0. The lowest BCUT2D eigenvalue weighted by atomic mass is 9.98. The molecule has 0 spiro atoms. The number of aliphatic hydroxyl groups is 1. The van der Waals surface area contributed by atoms with Crippen LogP contribution >= 0.6 is 0 Å². The SMILES string of the molecule is CCCN(CCC)S(=O)(=O)CCC(=O)N[C@@H](Cc1ccccc1)[C@H](O)CN(C(=O)OCc1cccc(OC)c1)C(C)(C)C. The first-order chi connectivity index (χ1) is 20.3. The summed E-state index contributed by atoms with van der Waals surface area (Å²) in [7, 11) is -2.05. The van der Waals surface area contributed by atoms with E-state index in [-0.39, 0.29) is 31.7 Å². The molecule has 0 fully saturated rings. The molecule has 0 aliphatic rings. The number of β-amino-alcohol motifs (C(OH)–C–C–N with tert-alkyl or cyclic N) is 1. The Kier molecular flexibility index (Phi) is 14.4. The first-order valence-electron chi connectivity index (χ1n) is 14.9. The molecule has 0 unspecified atom stereocenters. The number of carbonyl (C=O) groups is 2. The van der Waals surface area contributed by atoms with Gasteiger partial charge in [-0.1, -0.05) is 56.3 Å². The zero-order valence-electron chi connectivity index (χ0n) is 26.4. The Balaban J connectivity index is 2.17. The number of carbonyl (C=O) groups excluding carboxylic acids is 2. The van der Waals surface area contributed by atoms with E-state index in [0.29, 0.717) is 31.7 Å². The molecule has 0 aliphatic heterocycles. The standard InChI is InChI=1S/C32H49N3O7S/c1-7-18-34(19-8-2)43(39,40)20-17-30(37)33-28(22-25-13-10-9-11-14-25)29(36)23-35(32(3,4)5)31(38)42-24-26-15-12-16-27(21-26)41-6/h9-16,21,28-29,36H,7-8,17-20,22-24H2,1-6H3,(H,33,37)/t28-,29+/m0/s1. The fourth-order valence-electron chi connectivity index (χ4n) is 4.59. The van der Waals surface area contributed by atoms with Crippen LogP contribution in [0.5, 0.6) is 5.75 Å². The number of sulfonamides is 1. The van der Waals surface area contributed by atoms with Crippen molar-refractivity contribution >= 4 is 22.0 Å². The van der Waals surface area contributed by atoms with Gasteiger partial charge in [0.2, 0.25) is 15.9 Å². The zero-order valence-corrected chi connectivity index (χ0v) is 27.2. The van der Waals surface area contributed by atoms with Crippen molar-refractivity contribution in [2.75, 3.05) is 32.5 Å². The molecule has 0 heterocycles. The summed E-state index contributed by atoms with van der Waals surface area (Å²) in [5.41, 5.74) is 0.922. The molecule has 2 N–H and O–H groups in total. The molecule has 0 radical (unpaired) electrons. The lowest BCUT2D eigenvalue weighted by Crippen LogP contribution is -2.55. The van der Waals surface area contributed by atoms with Crippen LogP contribution in [-0.4, -0.2) is 84.9 Å². The molecule has 2 atom stereocenters. The molecule has 2 rings (SSSR count). The highest BCUT2D eigenvalue weighted by molar-refractivity contribution is 7.89. The van der Waals surface area contributed by atoms with Crippen molar-refractivity contribution in [1.82, 2.24) is 14.5 Å². The lowest BCUT2D eigenvalue weighted by Gasteiger charge is -2.38. The van der Waals surface area contributed by atoms with Crippen LogP contribution in [0.3, 0.4) is 0 Å². The molecule has 2 aromatic rings. The average Bonchev–Trinajstić information content (AvgIpc) is 2.97. The molecule has 11 heteroatoms. The van der Waals surface area contributed by atoms with E-state index < -0.39 is 39.7 Å². The van der Waals surface area contributed by atoms with Crippen molar-refractivity contribution in [3.05, 3.63) is 65.7 Å². The van der Waals surface area contributed by atoms with E-state index in [1.807, 2.05) is 71.0 Å². The van der Waals surface area contributed by atoms with Crippen LogP contribution in [0.25, 0.3) is 0 Å². The first kappa shape index (κ1) is 36.0. The van der Waals surface area contributed by atoms with E-state index in [1.54, 1.807) is 25.3 Å². The van der Waals surface area contributed by atoms with Crippen LogP contribution < -0.4 is 10.1 Å². The summed E-state index contributed by atoms with van der Waals surface area (Å²) in [6.45, 7) is 10.0. The van der Waals surface area contributed by atoms with E-state index >= 15 is 0 Å². The van der Waals surface area contributed by atoms with Gasteiger partial charge in [0.1, 0.15) is 12.4 Å². The van der Waals surface area contributed by atoms with Crippen molar-refractivity contribution in [3.8, 4) is 5.75 Å². The van der Waals surface area contributed by atoms with Crippen molar-refractivity contribution < 1.29 is 32.6 Å². The Hall–Kier alpha value is -3.15. The van der Waals surface area contributed by atoms with Crippen LogP contribution in [0, 0.1) is 0 Å². The number of ether oxygens (including phenoxy) is 2.